The van der Waals surface area contributed by atoms with Crippen LogP contribution in [0.15, 0.2) is 18.3 Å². The van der Waals surface area contributed by atoms with Crippen LogP contribution in [0.1, 0.15) is 24.6 Å². The number of allylic oxidation sites excluding steroid dienone is 2. The zero-order chi connectivity index (χ0) is 19.1. The zero-order valence-electron chi connectivity index (χ0n) is 16.0. The van der Waals surface area contributed by atoms with E-state index in [1.165, 1.54) is 11.3 Å². The molecule has 0 spiro atoms. The van der Waals surface area contributed by atoms with Crippen molar-refractivity contribution in [2.45, 2.75) is 33.4 Å². The number of aliphatic carboxylic acids is 1. The molecule has 0 radical (unpaired) electrons. The maximum absolute atomic E-state index is 13.1. The van der Waals surface area contributed by atoms with E-state index in [1.54, 1.807) is 0 Å². The van der Waals surface area contributed by atoms with E-state index in [2.05, 4.69) is 29.9 Å². The van der Waals surface area contributed by atoms with Gasteiger partial charge in [-0.05, 0) is 32.1 Å². The summed E-state index contributed by atoms with van der Waals surface area (Å²) in [6, 6.07) is 0. The largest absolute Gasteiger partial charge is 0.481 e. The van der Waals surface area contributed by atoms with Crippen LogP contribution in [-0.4, -0.2) is 62.7 Å². The lowest BCUT2D eigenvalue weighted by atomic mass is 9.82. The van der Waals surface area contributed by atoms with Gasteiger partial charge in [0.1, 0.15) is 0 Å². The van der Waals surface area contributed by atoms with Crippen molar-refractivity contribution in [3.8, 4) is 0 Å². The minimum Gasteiger partial charge on any atom is -0.481 e. The van der Waals surface area contributed by atoms with Gasteiger partial charge in [0.05, 0.1) is 18.0 Å². The number of hydrogen-bond acceptors (Lipinski definition) is 4. The maximum Gasteiger partial charge on any atom is 0.307 e. The Balaban J connectivity index is 1.36. The summed E-state index contributed by atoms with van der Waals surface area (Å²) >= 11 is 0. The van der Waals surface area contributed by atoms with E-state index in [1.807, 2.05) is 21.9 Å². The quantitative estimate of drug-likeness (QED) is 0.790. The van der Waals surface area contributed by atoms with Gasteiger partial charge in [0.2, 0.25) is 5.91 Å². The number of aromatic nitrogens is 2. The van der Waals surface area contributed by atoms with Crippen LogP contribution in [0.3, 0.4) is 0 Å². The van der Waals surface area contributed by atoms with Gasteiger partial charge in [0.15, 0.2) is 0 Å². The van der Waals surface area contributed by atoms with E-state index in [-0.39, 0.29) is 23.7 Å². The van der Waals surface area contributed by atoms with Crippen LogP contribution in [0, 0.1) is 30.6 Å². The number of carboxylic acids is 1. The van der Waals surface area contributed by atoms with Crippen LogP contribution < -0.4 is 0 Å². The molecule has 1 saturated carbocycles. The van der Waals surface area contributed by atoms with Gasteiger partial charge < -0.3 is 10.0 Å². The SMILES string of the molecule is CCn1ncc(CN2CCN(C(=O)[C@H]3[C@@H](C(=O)O)[C@H]4C=C[C@@H]3C4)CC2)c1C. The van der Waals surface area contributed by atoms with E-state index in [9.17, 15) is 14.7 Å². The molecule has 2 heterocycles. The van der Waals surface area contributed by atoms with E-state index in [0.29, 0.717) is 13.1 Å². The van der Waals surface area contributed by atoms with Crippen LogP contribution in [0.2, 0.25) is 0 Å². The Morgan fingerprint density at radius 2 is 1.81 bits per heavy atom. The summed E-state index contributed by atoms with van der Waals surface area (Å²) in [5.74, 6) is -1.59. The number of carboxylic acid groups (broad SMARTS) is 1. The van der Waals surface area contributed by atoms with Crippen molar-refractivity contribution in [2.24, 2.45) is 23.7 Å². The number of carbonyl (C=O) groups excluding carboxylic acids is 1. The van der Waals surface area contributed by atoms with Gasteiger partial charge in [-0.25, -0.2) is 0 Å². The molecule has 3 aliphatic rings. The zero-order valence-corrected chi connectivity index (χ0v) is 16.0. The molecule has 1 amide bonds. The predicted molar refractivity (Wildman–Crippen MR) is 99.8 cm³/mol. The average Bonchev–Trinajstić information content (AvgIpc) is 3.37. The van der Waals surface area contributed by atoms with E-state index in [0.717, 1.165) is 32.6 Å². The number of piperazine rings is 1. The Bertz CT molecular complexity index is 763. The molecule has 2 bridgehead atoms. The molecule has 1 aromatic heterocycles. The van der Waals surface area contributed by atoms with E-state index >= 15 is 0 Å². The van der Waals surface area contributed by atoms with E-state index < -0.39 is 11.9 Å². The van der Waals surface area contributed by atoms with Crippen molar-refractivity contribution in [2.75, 3.05) is 26.2 Å². The third-order valence-corrected chi connectivity index (χ3v) is 6.61. The maximum atomic E-state index is 13.1. The summed E-state index contributed by atoms with van der Waals surface area (Å²) in [7, 11) is 0. The molecule has 0 aromatic carbocycles. The fraction of sp³-hybridized carbons (Fsp3) is 0.650. The number of nitrogens with zero attached hydrogens (tertiary/aromatic N) is 4. The second kappa shape index (κ2) is 7.11. The molecule has 2 aliphatic carbocycles. The predicted octanol–water partition coefficient (Wildman–Crippen LogP) is 1.38. The Kier molecular flexibility index (Phi) is 4.80. The molecule has 1 saturated heterocycles. The Morgan fingerprint density at radius 1 is 1.15 bits per heavy atom. The first-order valence-corrected chi connectivity index (χ1v) is 9.93. The molecule has 2 fully saturated rings. The number of amides is 1. The summed E-state index contributed by atoms with van der Waals surface area (Å²) in [4.78, 5) is 29.0. The number of aryl methyl sites for hydroxylation is 1. The summed E-state index contributed by atoms with van der Waals surface area (Å²) in [5.41, 5.74) is 2.44. The Labute approximate surface area is 159 Å². The van der Waals surface area contributed by atoms with Crippen molar-refractivity contribution < 1.29 is 14.7 Å². The average molecular weight is 372 g/mol. The lowest BCUT2D eigenvalue weighted by molar-refractivity contribution is -0.151. The molecule has 7 heteroatoms. The Hall–Kier alpha value is -2.15. The molecule has 0 unspecified atom stereocenters. The second-order valence-corrected chi connectivity index (χ2v) is 8.01. The highest BCUT2D eigenvalue weighted by atomic mass is 16.4. The molecule has 7 nitrogen and oxygen atoms in total. The molecule has 4 rings (SSSR count). The minimum atomic E-state index is -0.827. The first kappa shape index (κ1) is 18.2. The van der Waals surface area contributed by atoms with E-state index in [4.69, 9.17) is 0 Å². The highest BCUT2D eigenvalue weighted by molar-refractivity contribution is 5.87. The first-order chi connectivity index (χ1) is 13.0. The fourth-order valence-electron chi connectivity index (χ4n) is 5.03. The number of fused-ring (bicyclic) bond motifs is 2. The monoisotopic (exact) mass is 372 g/mol. The third-order valence-electron chi connectivity index (χ3n) is 6.61. The molecule has 146 valence electrons. The third kappa shape index (κ3) is 3.18. The smallest absolute Gasteiger partial charge is 0.307 e. The molecular formula is C20H28N4O3. The molecule has 4 atom stereocenters. The highest BCUT2D eigenvalue weighted by Crippen LogP contribution is 2.48. The van der Waals surface area contributed by atoms with Gasteiger partial charge in [0, 0.05) is 50.5 Å². The van der Waals surface area contributed by atoms with Crippen molar-refractivity contribution >= 4 is 11.9 Å². The number of rotatable bonds is 5. The highest BCUT2D eigenvalue weighted by Gasteiger charge is 2.52. The summed E-state index contributed by atoms with van der Waals surface area (Å²) in [6.07, 6.45) is 6.80. The first-order valence-electron chi connectivity index (χ1n) is 9.93. The van der Waals surface area contributed by atoms with Crippen molar-refractivity contribution in [3.63, 3.8) is 0 Å². The van der Waals surface area contributed by atoms with Gasteiger partial charge in [-0.2, -0.15) is 5.10 Å². The fourth-order valence-corrected chi connectivity index (χ4v) is 5.03. The van der Waals surface area contributed by atoms with Gasteiger partial charge in [-0.15, -0.1) is 0 Å². The minimum absolute atomic E-state index is 0.0285. The number of hydrogen-bond donors (Lipinski definition) is 1. The standard InChI is InChI=1S/C20H28N4O3/c1-3-24-13(2)16(11-21-24)12-22-6-8-23(9-7-22)19(25)17-14-4-5-15(10-14)18(17)20(26)27/h4-5,11,14-15,17-18H,3,6-10,12H2,1-2H3,(H,26,27)/t14-,15+,17-,18+/m1/s1. The van der Waals surface area contributed by atoms with Crippen LogP contribution in [0.4, 0.5) is 0 Å². The molecule has 1 aliphatic heterocycles. The molecular weight excluding hydrogens is 344 g/mol. The normalized spacial score (nSPS) is 30.2. The van der Waals surface area contributed by atoms with Crippen LogP contribution in [0.5, 0.6) is 0 Å². The molecule has 27 heavy (non-hydrogen) atoms. The summed E-state index contributed by atoms with van der Waals surface area (Å²) < 4.78 is 2.00. The van der Waals surface area contributed by atoms with Gasteiger partial charge >= 0.3 is 5.97 Å². The van der Waals surface area contributed by atoms with Crippen LogP contribution in [-0.2, 0) is 22.7 Å². The van der Waals surface area contributed by atoms with Gasteiger partial charge in [-0.1, -0.05) is 12.2 Å². The van der Waals surface area contributed by atoms with Crippen molar-refractivity contribution in [1.82, 2.24) is 19.6 Å². The Morgan fingerprint density at radius 3 is 2.41 bits per heavy atom. The van der Waals surface area contributed by atoms with Gasteiger partial charge in [-0.3, -0.25) is 19.2 Å². The van der Waals surface area contributed by atoms with Crippen LogP contribution in [0.25, 0.3) is 0 Å². The topological polar surface area (TPSA) is 78.7 Å². The lowest BCUT2D eigenvalue weighted by Crippen LogP contribution is -2.52. The molecule has 1 aromatic rings. The van der Waals surface area contributed by atoms with Crippen molar-refractivity contribution in [3.05, 3.63) is 29.6 Å². The summed E-state index contributed by atoms with van der Waals surface area (Å²) in [6.45, 7) is 8.88. The van der Waals surface area contributed by atoms with Crippen LogP contribution >= 0.6 is 0 Å². The van der Waals surface area contributed by atoms with Gasteiger partial charge in [0.25, 0.3) is 0 Å². The van der Waals surface area contributed by atoms with Crippen molar-refractivity contribution in [1.29, 1.82) is 0 Å². The lowest BCUT2D eigenvalue weighted by Gasteiger charge is -2.37. The molecule has 1 N–H and O–H groups in total. The second-order valence-electron chi connectivity index (χ2n) is 8.01. The summed E-state index contributed by atoms with van der Waals surface area (Å²) in [5, 5.41) is 14.0. The number of carbonyl (C=O) groups is 2.